The lowest BCUT2D eigenvalue weighted by Gasteiger charge is -2.19. The molecule has 0 saturated heterocycles. The zero-order valence-electron chi connectivity index (χ0n) is 13.6. The van der Waals surface area contributed by atoms with Gasteiger partial charge >= 0.3 is 6.18 Å². The fourth-order valence-corrected chi connectivity index (χ4v) is 2.58. The highest BCUT2D eigenvalue weighted by atomic mass is 35.5. The van der Waals surface area contributed by atoms with E-state index in [1.54, 1.807) is 31.2 Å². The Hall–Kier alpha value is -2.28. The largest absolute Gasteiger partial charge is 0.408 e. The maximum atomic E-state index is 12.8. The molecule has 2 aromatic heterocycles. The van der Waals surface area contributed by atoms with Crippen LogP contribution in [0.3, 0.4) is 0 Å². The van der Waals surface area contributed by atoms with Gasteiger partial charge in [-0.25, -0.2) is 4.98 Å². The molecule has 2 heterocycles. The first-order valence-corrected chi connectivity index (χ1v) is 8.04. The van der Waals surface area contributed by atoms with E-state index in [1.807, 2.05) is 12.1 Å². The van der Waals surface area contributed by atoms with Crippen LogP contribution in [-0.4, -0.2) is 26.8 Å². The quantitative estimate of drug-likeness (QED) is 0.729. The number of aromatic nitrogens is 3. The third-order valence-corrected chi connectivity index (χ3v) is 4.01. The summed E-state index contributed by atoms with van der Waals surface area (Å²) >= 11 is 5.87. The van der Waals surface area contributed by atoms with Gasteiger partial charge in [-0.05, 0) is 31.5 Å². The minimum absolute atomic E-state index is 0.259. The number of rotatable bonds is 4. The highest BCUT2D eigenvalue weighted by molar-refractivity contribution is 6.30. The van der Waals surface area contributed by atoms with Gasteiger partial charge in [0, 0.05) is 29.3 Å². The number of anilines is 1. The van der Waals surface area contributed by atoms with Crippen molar-refractivity contribution in [3.8, 4) is 0 Å². The molecule has 1 atom stereocenters. The molecule has 0 saturated carbocycles. The van der Waals surface area contributed by atoms with E-state index in [9.17, 15) is 13.2 Å². The van der Waals surface area contributed by atoms with Gasteiger partial charge in [0.2, 0.25) is 0 Å². The monoisotopic (exact) mass is 368 g/mol. The Morgan fingerprint density at radius 3 is 2.52 bits per heavy atom. The molecule has 0 spiro atoms. The van der Waals surface area contributed by atoms with Crippen molar-refractivity contribution in [3.63, 3.8) is 0 Å². The smallest absolute Gasteiger partial charge is 0.359 e. The molecule has 8 heteroatoms. The Balaban J connectivity index is 1.93. The van der Waals surface area contributed by atoms with Crippen molar-refractivity contribution in [2.75, 3.05) is 5.32 Å². The molecule has 0 amide bonds. The van der Waals surface area contributed by atoms with Crippen LogP contribution < -0.4 is 5.32 Å². The summed E-state index contributed by atoms with van der Waals surface area (Å²) in [7, 11) is 0. The van der Waals surface area contributed by atoms with E-state index in [2.05, 4.69) is 15.4 Å². The normalized spacial score (nSPS) is 13.2. The molecule has 132 valence electrons. The topological polar surface area (TPSA) is 42.2 Å². The predicted octanol–water partition coefficient (Wildman–Crippen LogP) is 4.64. The van der Waals surface area contributed by atoms with Crippen molar-refractivity contribution in [1.29, 1.82) is 0 Å². The summed E-state index contributed by atoms with van der Waals surface area (Å²) in [5.74, 6) is 0.259. The highest BCUT2D eigenvalue weighted by Gasteiger charge is 2.36. The number of aryl methyl sites for hydroxylation is 1. The van der Waals surface area contributed by atoms with Gasteiger partial charge in [0.25, 0.3) is 0 Å². The van der Waals surface area contributed by atoms with Crippen LogP contribution in [0.1, 0.15) is 23.9 Å². The minimum Gasteiger partial charge on any atom is -0.359 e. The van der Waals surface area contributed by atoms with Crippen molar-refractivity contribution in [2.45, 2.75) is 32.5 Å². The first-order chi connectivity index (χ1) is 11.7. The number of nitrogens with zero attached hydrogens (tertiary/aromatic N) is 3. The standard InChI is InChI=1S/C17H16ClF3N4/c1-10-7-15(23-11(2)17(19,20)21)25-16(22-10)9-14(24-25)8-12-3-5-13(18)6-4-12/h3-7,9,11,23H,8H2,1-2H3/t11-/m1/s1. The Morgan fingerprint density at radius 1 is 1.20 bits per heavy atom. The second kappa shape index (κ2) is 6.55. The van der Waals surface area contributed by atoms with Gasteiger partial charge in [0.1, 0.15) is 11.9 Å². The molecule has 1 N–H and O–H groups in total. The van der Waals surface area contributed by atoms with E-state index in [1.165, 1.54) is 4.52 Å². The summed E-state index contributed by atoms with van der Waals surface area (Å²) in [6, 6.07) is 8.96. The highest BCUT2D eigenvalue weighted by Crippen LogP contribution is 2.24. The summed E-state index contributed by atoms with van der Waals surface area (Å²) in [5, 5.41) is 7.51. The molecule has 25 heavy (non-hydrogen) atoms. The van der Waals surface area contributed by atoms with E-state index in [0.717, 1.165) is 12.5 Å². The summed E-state index contributed by atoms with van der Waals surface area (Å²) in [5.41, 5.74) is 2.83. The first-order valence-electron chi connectivity index (χ1n) is 7.66. The third-order valence-electron chi connectivity index (χ3n) is 3.76. The Bertz CT molecular complexity index is 887. The number of hydrogen-bond acceptors (Lipinski definition) is 3. The first kappa shape index (κ1) is 17.5. The van der Waals surface area contributed by atoms with Gasteiger partial charge < -0.3 is 5.32 Å². The lowest BCUT2D eigenvalue weighted by atomic mass is 10.1. The molecule has 1 aromatic carbocycles. The lowest BCUT2D eigenvalue weighted by Crippen LogP contribution is -2.33. The molecule has 4 nitrogen and oxygen atoms in total. The van der Waals surface area contributed by atoms with E-state index >= 15 is 0 Å². The van der Waals surface area contributed by atoms with Crippen LogP contribution in [0.4, 0.5) is 19.0 Å². The van der Waals surface area contributed by atoms with Crippen LogP contribution in [-0.2, 0) is 6.42 Å². The van der Waals surface area contributed by atoms with Crippen LogP contribution in [0, 0.1) is 6.92 Å². The minimum atomic E-state index is -4.34. The van der Waals surface area contributed by atoms with Crippen molar-refractivity contribution < 1.29 is 13.2 Å². The van der Waals surface area contributed by atoms with E-state index in [4.69, 9.17) is 11.6 Å². The number of hydrogen-bond donors (Lipinski definition) is 1. The lowest BCUT2D eigenvalue weighted by molar-refractivity contribution is -0.138. The van der Waals surface area contributed by atoms with Gasteiger partial charge in [-0.3, -0.25) is 0 Å². The second-order valence-electron chi connectivity index (χ2n) is 5.90. The van der Waals surface area contributed by atoms with Crippen LogP contribution in [0.15, 0.2) is 36.4 Å². The molecule has 0 unspecified atom stereocenters. The maximum absolute atomic E-state index is 12.8. The van der Waals surface area contributed by atoms with Crippen molar-refractivity contribution in [3.05, 3.63) is 58.4 Å². The van der Waals surface area contributed by atoms with Gasteiger partial charge in [-0.1, -0.05) is 23.7 Å². The third kappa shape index (κ3) is 4.04. The Labute approximate surface area is 147 Å². The average Bonchev–Trinajstić information content (AvgIpc) is 2.91. The fraction of sp³-hybridized carbons (Fsp3) is 0.294. The summed E-state index contributed by atoms with van der Waals surface area (Å²) in [6.45, 7) is 2.80. The molecular weight excluding hydrogens is 353 g/mol. The zero-order chi connectivity index (χ0) is 18.2. The maximum Gasteiger partial charge on any atom is 0.408 e. The molecule has 0 bridgehead atoms. The van der Waals surface area contributed by atoms with Gasteiger partial charge in [0.05, 0.1) is 5.69 Å². The van der Waals surface area contributed by atoms with E-state index < -0.39 is 12.2 Å². The number of benzene rings is 1. The van der Waals surface area contributed by atoms with Crippen LogP contribution >= 0.6 is 11.6 Å². The summed E-state index contributed by atoms with van der Waals surface area (Å²) < 4.78 is 39.9. The van der Waals surface area contributed by atoms with Gasteiger partial charge in [-0.2, -0.15) is 22.8 Å². The van der Waals surface area contributed by atoms with Crippen molar-refractivity contribution >= 4 is 23.1 Å². The summed E-state index contributed by atoms with van der Waals surface area (Å²) in [4.78, 5) is 4.34. The molecule has 0 radical (unpaired) electrons. The molecule has 0 aliphatic carbocycles. The Kier molecular flexibility index (Phi) is 4.60. The van der Waals surface area contributed by atoms with Gasteiger partial charge in [0.15, 0.2) is 5.65 Å². The van der Waals surface area contributed by atoms with E-state index in [-0.39, 0.29) is 5.82 Å². The average molecular weight is 369 g/mol. The molecule has 0 aliphatic rings. The second-order valence-corrected chi connectivity index (χ2v) is 6.34. The number of nitrogens with one attached hydrogen (secondary N) is 1. The molecule has 0 aliphatic heterocycles. The zero-order valence-corrected chi connectivity index (χ0v) is 14.4. The summed E-state index contributed by atoms with van der Waals surface area (Å²) in [6.07, 6.45) is -3.81. The molecule has 3 aromatic rings. The van der Waals surface area contributed by atoms with Crippen LogP contribution in [0.2, 0.25) is 5.02 Å². The van der Waals surface area contributed by atoms with E-state index in [0.29, 0.717) is 28.5 Å². The number of fused-ring (bicyclic) bond motifs is 1. The number of alkyl halides is 3. The van der Waals surface area contributed by atoms with Crippen LogP contribution in [0.5, 0.6) is 0 Å². The van der Waals surface area contributed by atoms with Gasteiger partial charge in [-0.15, -0.1) is 0 Å². The SMILES string of the molecule is Cc1cc(N[C@H](C)C(F)(F)F)n2nc(Cc3ccc(Cl)cc3)cc2n1. The predicted molar refractivity (Wildman–Crippen MR) is 91.1 cm³/mol. The molecule has 0 fully saturated rings. The van der Waals surface area contributed by atoms with Crippen LogP contribution in [0.25, 0.3) is 5.65 Å². The molecule has 3 rings (SSSR count). The number of halogens is 4. The fourth-order valence-electron chi connectivity index (χ4n) is 2.45. The van der Waals surface area contributed by atoms with Crippen molar-refractivity contribution in [1.82, 2.24) is 14.6 Å². The van der Waals surface area contributed by atoms with Crippen molar-refractivity contribution in [2.24, 2.45) is 0 Å². The molecular formula is C17H16ClF3N4. The Morgan fingerprint density at radius 2 is 1.88 bits per heavy atom.